The minimum atomic E-state index is -1.57. The van der Waals surface area contributed by atoms with E-state index in [0.717, 1.165) is 0 Å². The molecule has 0 spiro atoms. The zero-order valence-electron chi connectivity index (χ0n) is 16.8. The summed E-state index contributed by atoms with van der Waals surface area (Å²) >= 11 is 0. The highest BCUT2D eigenvalue weighted by molar-refractivity contribution is 6.21. The molecule has 1 aliphatic carbocycles. The first-order chi connectivity index (χ1) is 14.8. The Morgan fingerprint density at radius 2 is 1.58 bits per heavy atom. The lowest BCUT2D eigenvalue weighted by atomic mass is 9.84. The Balaban J connectivity index is 1.35. The van der Waals surface area contributed by atoms with E-state index in [1.54, 1.807) is 24.3 Å². The van der Waals surface area contributed by atoms with E-state index in [1.807, 2.05) is 0 Å². The fourth-order valence-electron chi connectivity index (χ4n) is 4.67. The fraction of sp³-hybridized carbons (Fsp3) is 0.571. The number of carbonyl (C=O) groups excluding carboxylic acids is 3. The molecule has 31 heavy (non-hydrogen) atoms. The smallest absolute Gasteiger partial charge is 0.261 e. The molecule has 2 fully saturated rings. The summed E-state index contributed by atoms with van der Waals surface area (Å²) in [6, 6.07) is 5.16. The van der Waals surface area contributed by atoms with Gasteiger partial charge in [0, 0.05) is 12.0 Å². The second-order valence-corrected chi connectivity index (χ2v) is 8.29. The summed E-state index contributed by atoms with van der Waals surface area (Å²) in [7, 11) is 0. The Labute approximate surface area is 178 Å². The lowest BCUT2D eigenvalue weighted by Gasteiger charge is -2.41. The number of rotatable bonds is 4. The van der Waals surface area contributed by atoms with E-state index in [0.29, 0.717) is 36.8 Å². The van der Waals surface area contributed by atoms with Gasteiger partial charge in [0.15, 0.2) is 6.29 Å². The van der Waals surface area contributed by atoms with Crippen molar-refractivity contribution in [2.45, 2.75) is 62.4 Å². The van der Waals surface area contributed by atoms with E-state index >= 15 is 0 Å². The fourth-order valence-corrected chi connectivity index (χ4v) is 4.67. The molecular weight excluding hydrogens is 408 g/mol. The van der Waals surface area contributed by atoms with E-state index in [2.05, 4.69) is 5.32 Å². The average molecular weight is 434 g/mol. The second kappa shape index (κ2) is 8.64. The van der Waals surface area contributed by atoms with Crippen molar-refractivity contribution in [2.24, 2.45) is 5.92 Å². The first-order valence-electron chi connectivity index (χ1n) is 10.4. The van der Waals surface area contributed by atoms with Gasteiger partial charge in [-0.2, -0.15) is 0 Å². The number of carbonyl (C=O) groups is 3. The van der Waals surface area contributed by atoms with Crippen molar-refractivity contribution in [2.75, 3.05) is 6.61 Å². The number of hydrogen-bond acceptors (Lipinski definition) is 8. The van der Waals surface area contributed by atoms with E-state index in [9.17, 15) is 29.7 Å². The highest BCUT2D eigenvalue weighted by Gasteiger charge is 2.46. The highest BCUT2D eigenvalue weighted by Crippen LogP contribution is 2.33. The van der Waals surface area contributed by atoms with E-state index in [1.165, 1.54) is 4.90 Å². The maximum atomic E-state index is 12.7. The quantitative estimate of drug-likeness (QED) is 0.368. The minimum Gasteiger partial charge on any atom is -0.394 e. The minimum absolute atomic E-state index is 0.294. The number of nitrogens with zero attached hydrogens (tertiary/aromatic N) is 1. The molecule has 0 aromatic heterocycles. The van der Waals surface area contributed by atoms with Crippen molar-refractivity contribution < 1.29 is 39.5 Å². The van der Waals surface area contributed by atoms with Gasteiger partial charge in [-0.15, -0.1) is 0 Å². The predicted molar refractivity (Wildman–Crippen MR) is 105 cm³/mol. The van der Waals surface area contributed by atoms with Gasteiger partial charge in [0.05, 0.1) is 17.7 Å². The van der Waals surface area contributed by atoms with E-state index < -0.39 is 49.1 Å². The zero-order chi connectivity index (χ0) is 22.3. The van der Waals surface area contributed by atoms with Gasteiger partial charge in [-0.3, -0.25) is 19.3 Å². The van der Waals surface area contributed by atoms with Crippen molar-refractivity contribution in [1.29, 1.82) is 0 Å². The SMILES string of the molecule is O=C(NC1C(O)OC(CO)C(O)C1O)C1CCC(N2C(=O)c3ccccc3C2=O)CC1. The Kier molecular flexibility index (Phi) is 6.09. The zero-order valence-corrected chi connectivity index (χ0v) is 16.8. The summed E-state index contributed by atoms with van der Waals surface area (Å²) in [6.45, 7) is -0.586. The maximum absolute atomic E-state index is 12.7. The van der Waals surface area contributed by atoms with Crippen LogP contribution in [-0.2, 0) is 9.53 Å². The molecule has 5 unspecified atom stereocenters. The van der Waals surface area contributed by atoms with Crippen LogP contribution in [0.5, 0.6) is 0 Å². The van der Waals surface area contributed by atoms with Crippen molar-refractivity contribution >= 4 is 17.7 Å². The molecule has 1 saturated carbocycles. The van der Waals surface area contributed by atoms with Crippen molar-refractivity contribution in [3.63, 3.8) is 0 Å². The van der Waals surface area contributed by atoms with Gasteiger partial charge in [0.25, 0.3) is 11.8 Å². The van der Waals surface area contributed by atoms with E-state index in [-0.39, 0.29) is 17.9 Å². The molecule has 3 amide bonds. The van der Waals surface area contributed by atoms with Gasteiger partial charge in [-0.25, -0.2) is 0 Å². The summed E-state index contributed by atoms with van der Waals surface area (Å²) in [5.74, 6) is -1.47. The Bertz CT molecular complexity index is 834. The van der Waals surface area contributed by atoms with Crippen LogP contribution in [0.4, 0.5) is 0 Å². The monoisotopic (exact) mass is 434 g/mol. The summed E-state index contributed by atoms with van der Waals surface area (Å²) < 4.78 is 5.06. The molecule has 1 saturated heterocycles. The average Bonchev–Trinajstić information content (AvgIpc) is 3.04. The predicted octanol–water partition coefficient (Wildman–Crippen LogP) is -1.24. The first kappa shape index (κ1) is 21.8. The molecule has 0 radical (unpaired) electrons. The first-order valence-corrected chi connectivity index (χ1v) is 10.4. The van der Waals surface area contributed by atoms with Crippen molar-refractivity contribution in [3.05, 3.63) is 35.4 Å². The van der Waals surface area contributed by atoms with Gasteiger partial charge in [0.1, 0.15) is 24.4 Å². The number of ether oxygens (including phenoxy) is 1. The molecule has 3 aliphatic rings. The number of benzene rings is 1. The lowest BCUT2D eigenvalue weighted by Crippen LogP contribution is -2.64. The molecule has 10 nitrogen and oxygen atoms in total. The second-order valence-electron chi connectivity index (χ2n) is 8.29. The number of amides is 3. The molecule has 2 heterocycles. The molecule has 10 heteroatoms. The standard InChI is InChI=1S/C21H26N2O8/c24-9-14-16(25)17(26)15(21(30)31-14)22-18(27)10-5-7-11(8-6-10)23-19(28)12-3-1-2-4-13(12)20(23)29/h1-4,10-11,14-17,21,24-26,30H,5-9H2,(H,22,27). The molecule has 4 rings (SSSR count). The summed E-state index contributed by atoms with van der Waals surface area (Å²) in [4.78, 5) is 39.3. The third kappa shape index (κ3) is 3.85. The van der Waals surface area contributed by atoms with E-state index in [4.69, 9.17) is 9.84 Å². The largest absolute Gasteiger partial charge is 0.394 e. The summed E-state index contributed by atoms with van der Waals surface area (Å²) in [5.41, 5.74) is 0.791. The Hall–Kier alpha value is -2.37. The van der Waals surface area contributed by atoms with Crippen LogP contribution in [0.25, 0.3) is 0 Å². The number of nitrogens with one attached hydrogen (secondary N) is 1. The number of aliphatic hydroxyl groups is 4. The topological polar surface area (TPSA) is 157 Å². The van der Waals surface area contributed by atoms with Crippen LogP contribution in [0.2, 0.25) is 0 Å². The van der Waals surface area contributed by atoms with Gasteiger partial charge in [-0.05, 0) is 37.8 Å². The number of fused-ring (bicyclic) bond motifs is 1. The summed E-state index contributed by atoms with van der Waals surface area (Å²) in [6.07, 6.45) is -3.90. The van der Waals surface area contributed by atoms with Crippen LogP contribution in [0.15, 0.2) is 24.3 Å². The Morgan fingerprint density at radius 3 is 2.13 bits per heavy atom. The molecule has 2 aliphatic heterocycles. The van der Waals surface area contributed by atoms with Gasteiger partial charge < -0.3 is 30.5 Å². The molecule has 5 atom stereocenters. The molecule has 168 valence electrons. The normalized spacial score (nSPS) is 35.7. The third-order valence-electron chi connectivity index (χ3n) is 6.47. The summed E-state index contributed by atoms with van der Waals surface area (Å²) in [5, 5.41) is 41.8. The van der Waals surface area contributed by atoms with Gasteiger partial charge in [0.2, 0.25) is 5.91 Å². The number of imide groups is 1. The number of hydrogen-bond donors (Lipinski definition) is 5. The Morgan fingerprint density at radius 1 is 1.00 bits per heavy atom. The van der Waals surface area contributed by atoms with Crippen LogP contribution < -0.4 is 5.32 Å². The van der Waals surface area contributed by atoms with Crippen LogP contribution in [-0.4, -0.2) is 86.3 Å². The van der Waals surface area contributed by atoms with Crippen molar-refractivity contribution in [3.8, 4) is 0 Å². The molecule has 5 N–H and O–H groups in total. The van der Waals surface area contributed by atoms with Crippen molar-refractivity contribution in [1.82, 2.24) is 10.2 Å². The van der Waals surface area contributed by atoms with Gasteiger partial charge in [-0.1, -0.05) is 12.1 Å². The number of aliphatic hydroxyl groups excluding tert-OH is 4. The lowest BCUT2D eigenvalue weighted by molar-refractivity contribution is -0.254. The molecular formula is C21H26N2O8. The molecule has 0 bridgehead atoms. The maximum Gasteiger partial charge on any atom is 0.261 e. The highest BCUT2D eigenvalue weighted by atomic mass is 16.6. The molecule has 1 aromatic carbocycles. The van der Waals surface area contributed by atoms with Crippen LogP contribution >= 0.6 is 0 Å². The van der Waals surface area contributed by atoms with Crippen LogP contribution in [0.3, 0.4) is 0 Å². The third-order valence-corrected chi connectivity index (χ3v) is 6.47. The van der Waals surface area contributed by atoms with Gasteiger partial charge >= 0.3 is 0 Å². The molecule has 1 aromatic rings. The van der Waals surface area contributed by atoms with Crippen LogP contribution in [0.1, 0.15) is 46.4 Å². The van der Waals surface area contributed by atoms with Crippen LogP contribution in [0, 0.1) is 5.92 Å².